The summed E-state index contributed by atoms with van der Waals surface area (Å²) in [6, 6.07) is 13.4. The Kier molecular flexibility index (Phi) is 2.13. The van der Waals surface area contributed by atoms with Crippen LogP contribution < -0.4 is 9.80 Å². The molecule has 2 aliphatic rings. The Bertz CT molecular complexity index is 635. The Labute approximate surface area is 113 Å². The third-order valence-corrected chi connectivity index (χ3v) is 4.10. The normalized spacial score (nSPS) is 19.6. The molecule has 0 saturated carbocycles. The molecule has 3 heteroatoms. The summed E-state index contributed by atoms with van der Waals surface area (Å²) in [5.74, 6) is 1.10. The maximum absolute atomic E-state index is 4.62. The highest BCUT2D eigenvalue weighted by Gasteiger charge is 2.43. The van der Waals surface area contributed by atoms with Crippen LogP contribution in [0.5, 0.6) is 0 Å². The van der Waals surface area contributed by atoms with E-state index >= 15 is 0 Å². The van der Waals surface area contributed by atoms with Crippen LogP contribution in [0.2, 0.25) is 0 Å². The fraction of sp³-hybridized carbons (Fsp3) is 0.312. The van der Waals surface area contributed by atoms with Crippen LogP contribution in [0.3, 0.4) is 0 Å². The first kappa shape index (κ1) is 10.9. The van der Waals surface area contributed by atoms with E-state index in [1.807, 2.05) is 12.3 Å². The molecule has 1 atom stereocenters. The van der Waals surface area contributed by atoms with Gasteiger partial charge in [-0.2, -0.15) is 0 Å². The molecule has 2 aromatic rings. The van der Waals surface area contributed by atoms with Crippen molar-refractivity contribution in [1.82, 2.24) is 4.98 Å². The molecule has 96 valence electrons. The first-order valence-electron chi connectivity index (χ1n) is 6.88. The van der Waals surface area contributed by atoms with Crippen LogP contribution in [-0.2, 0) is 6.42 Å². The SMILES string of the molecule is CC(C)N1c2cccnc2N2c3ccccc3CC21. The van der Waals surface area contributed by atoms with E-state index < -0.39 is 0 Å². The zero-order chi connectivity index (χ0) is 13.0. The van der Waals surface area contributed by atoms with Gasteiger partial charge in [-0.25, -0.2) is 4.98 Å². The highest BCUT2D eigenvalue weighted by molar-refractivity contribution is 5.84. The molecule has 0 saturated heterocycles. The van der Waals surface area contributed by atoms with Crippen LogP contribution in [-0.4, -0.2) is 17.2 Å². The third-order valence-electron chi connectivity index (χ3n) is 4.10. The van der Waals surface area contributed by atoms with Gasteiger partial charge in [0, 0.05) is 24.3 Å². The Morgan fingerprint density at radius 1 is 1.11 bits per heavy atom. The van der Waals surface area contributed by atoms with Crippen LogP contribution in [0.4, 0.5) is 17.2 Å². The van der Waals surface area contributed by atoms with Gasteiger partial charge in [-0.1, -0.05) is 18.2 Å². The number of benzene rings is 1. The fourth-order valence-electron chi connectivity index (χ4n) is 3.40. The first-order valence-corrected chi connectivity index (χ1v) is 6.88. The van der Waals surface area contributed by atoms with Crippen molar-refractivity contribution in [3.63, 3.8) is 0 Å². The molecule has 1 unspecified atom stereocenters. The second-order valence-electron chi connectivity index (χ2n) is 5.53. The summed E-state index contributed by atoms with van der Waals surface area (Å²) < 4.78 is 0. The lowest BCUT2D eigenvalue weighted by molar-refractivity contribution is 0.589. The summed E-state index contributed by atoms with van der Waals surface area (Å²) in [4.78, 5) is 9.50. The van der Waals surface area contributed by atoms with Crippen LogP contribution in [0.15, 0.2) is 42.6 Å². The van der Waals surface area contributed by atoms with E-state index in [-0.39, 0.29) is 0 Å². The third kappa shape index (κ3) is 1.35. The number of hydrogen-bond donors (Lipinski definition) is 0. The number of rotatable bonds is 1. The second-order valence-corrected chi connectivity index (χ2v) is 5.53. The van der Waals surface area contributed by atoms with Gasteiger partial charge in [-0.15, -0.1) is 0 Å². The highest BCUT2D eigenvalue weighted by Crippen LogP contribution is 2.49. The van der Waals surface area contributed by atoms with Gasteiger partial charge >= 0.3 is 0 Å². The molecular formula is C16H17N3. The van der Waals surface area contributed by atoms with Crippen LogP contribution in [0.25, 0.3) is 0 Å². The topological polar surface area (TPSA) is 19.4 Å². The van der Waals surface area contributed by atoms with Crippen LogP contribution in [0.1, 0.15) is 19.4 Å². The minimum Gasteiger partial charge on any atom is -0.345 e. The summed E-state index contributed by atoms with van der Waals surface area (Å²) in [6.45, 7) is 4.51. The van der Waals surface area contributed by atoms with E-state index in [0.717, 1.165) is 12.2 Å². The van der Waals surface area contributed by atoms with E-state index in [2.05, 4.69) is 59.0 Å². The first-order chi connectivity index (χ1) is 9.27. The molecule has 0 fully saturated rings. The predicted octanol–water partition coefficient (Wildman–Crippen LogP) is 3.33. The maximum Gasteiger partial charge on any atom is 0.158 e. The highest BCUT2D eigenvalue weighted by atomic mass is 15.5. The van der Waals surface area contributed by atoms with Crippen molar-refractivity contribution >= 4 is 17.2 Å². The number of nitrogens with zero attached hydrogens (tertiary/aromatic N) is 3. The van der Waals surface area contributed by atoms with E-state index in [1.54, 1.807) is 0 Å². The number of anilines is 3. The lowest BCUT2D eigenvalue weighted by Gasteiger charge is -2.30. The van der Waals surface area contributed by atoms with Crippen molar-refractivity contribution < 1.29 is 0 Å². The van der Waals surface area contributed by atoms with Crippen molar-refractivity contribution in [2.75, 3.05) is 9.80 Å². The van der Waals surface area contributed by atoms with E-state index in [9.17, 15) is 0 Å². The Morgan fingerprint density at radius 3 is 2.74 bits per heavy atom. The smallest absolute Gasteiger partial charge is 0.158 e. The minimum absolute atomic E-state index is 0.391. The molecule has 1 aromatic heterocycles. The van der Waals surface area contributed by atoms with E-state index in [1.165, 1.54) is 16.9 Å². The summed E-state index contributed by atoms with van der Waals surface area (Å²) in [6.07, 6.45) is 3.35. The maximum atomic E-state index is 4.62. The molecule has 0 bridgehead atoms. The molecule has 0 spiro atoms. The quantitative estimate of drug-likeness (QED) is 0.775. The monoisotopic (exact) mass is 251 g/mol. The number of pyridine rings is 1. The van der Waals surface area contributed by atoms with Gasteiger partial charge in [0.2, 0.25) is 0 Å². The van der Waals surface area contributed by atoms with Gasteiger partial charge in [0.25, 0.3) is 0 Å². The number of aromatic nitrogens is 1. The molecule has 0 N–H and O–H groups in total. The average molecular weight is 251 g/mol. The molecule has 3 heterocycles. The number of fused-ring (bicyclic) bond motifs is 5. The zero-order valence-electron chi connectivity index (χ0n) is 11.2. The van der Waals surface area contributed by atoms with Gasteiger partial charge in [0.05, 0.1) is 5.69 Å². The summed E-state index contributed by atoms with van der Waals surface area (Å²) in [5, 5.41) is 0. The van der Waals surface area contributed by atoms with Crippen LogP contribution in [0, 0.1) is 0 Å². The van der Waals surface area contributed by atoms with Crippen molar-refractivity contribution in [2.24, 2.45) is 0 Å². The Balaban J connectivity index is 1.92. The molecule has 1 aromatic carbocycles. The molecule has 3 nitrogen and oxygen atoms in total. The van der Waals surface area contributed by atoms with E-state index in [4.69, 9.17) is 0 Å². The molecule has 0 aliphatic carbocycles. The molecule has 2 aliphatic heterocycles. The Hall–Kier alpha value is -2.03. The molecule has 19 heavy (non-hydrogen) atoms. The van der Waals surface area contributed by atoms with Gasteiger partial charge < -0.3 is 9.80 Å². The summed E-state index contributed by atoms with van der Waals surface area (Å²) >= 11 is 0. The second kappa shape index (κ2) is 3.73. The van der Waals surface area contributed by atoms with Gasteiger partial charge in [-0.05, 0) is 37.6 Å². The molecule has 4 rings (SSSR count). The summed E-state index contributed by atoms with van der Waals surface area (Å²) in [7, 11) is 0. The van der Waals surface area contributed by atoms with Gasteiger partial charge in [0.1, 0.15) is 6.17 Å². The minimum atomic E-state index is 0.391. The Morgan fingerprint density at radius 2 is 1.89 bits per heavy atom. The molecule has 0 amide bonds. The largest absolute Gasteiger partial charge is 0.345 e. The number of hydrogen-bond acceptors (Lipinski definition) is 3. The standard InChI is InChI=1S/C16H17N3/c1-11(2)18-14-8-5-9-17-16(14)19-13-7-4-3-6-12(13)10-15(18)19/h3-9,11,15H,10H2,1-2H3. The lowest BCUT2D eigenvalue weighted by Crippen LogP contribution is -2.43. The fourth-order valence-corrected chi connectivity index (χ4v) is 3.40. The van der Waals surface area contributed by atoms with Gasteiger partial charge in [-0.3, -0.25) is 0 Å². The molecule has 0 radical (unpaired) electrons. The number of para-hydroxylation sites is 1. The predicted molar refractivity (Wildman–Crippen MR) is 77.9 cm³/mol. The lowest BCUT2D eigenvalue weighted by atomic mass is 10.1. The summed E-state index contributed by atoms with van der Waals surface area (Å²) in [5.41, 5.74) is 4.00. The molecular weight excluding hydrogens is 234 g/mol. The van der Waals surface area contributed by atoms with Crippen molar-refractivity contribution in [1.29, 1.82) is 0 Å². The van der Waals surface area contributed by atoms with Crippen molar-refractivity contribution in [3.05, 3.63) is 48.2 Å². The average Bonchev–Trinajstić information content (AvgIpc) is 2.91. The van der Waals surface area contributed by atoms with Crippen molar-refractivity contribution in [3.8, 4) is 0 Å². The van der Waals surface area contributed by atoms with Crippen LogP contribution >= 0.6 is 0 Å². The van der Waals surface area contributed by atoms with E-state index in [0.29, 0.717) is 12.2 Å². The zero-order valence-corrected chi connectivity index (χ0v) is 11.2. The van der Waals surface area contributed by atoms with Gasteiger partial charge in [0.15, 0.2) is 5.82 Å². The van der Waals surface area contributed by atoms with Crippen molar-refractivity contribution in [2.45, 2.75) is 32.5 Å².